The van der Waals surface area contributed by atoms with Gasteiger partial charge in [0.2, 0.25) is 0 Å². The van der Waals surface area contributed by atoms with E-state index in [1.165, 1.54) is 0 Å². The molecule has 1 fully saturated rings. The van der Waals surface area contributed by atoms with Crippen molar-refractivity contribution in [1.29, 1.82) is 0 Å². The number of aliphatic hydroxyl groups is 1. The highest BCUT2D eigenvalue weighted by Crippen LogP contribution is 2.33. The van der Waals surface area contributed by atoms with E-state index >= 15 is 0 Å². The number of aliphatic hydroxyl groups excluding tert-OH is 1. The first kappa shape index (κ1) is 9.71. The molecule has 3 nitrogen and oxygen atoms in total. The van der Waals surface area contributed by atoms with Crippen LogP contribution in [0.15, 0.2) is 12.2 Å². The molecule has 0 aromatic rings. The molecule has 0 aliphatic carbocycles. The van der Waals surface area contributed by atoms with Gasteiger partial charge in [0.25, 0.3) is 0 Å². The average molecular weight is 172 g/mol. The Labute approximate surface area is 73.0 Å². The molecule has 70 valence electrons. The SMILES string of the molecule is C=C1[C@H](C)O[C@@H](O)C[C@@]1(C)OC. The fourth-order valence-corrected chi connectivity index (χ4v) is 1.47. The van der Waals surface area contributed by atoms with Crippen LogP contribution in [0.3, 0.4) is 0 Å². The summed E-state index contributed by atoms with van der Waals surface area (Å²) < 4.78 is 10.5. The summed E-state index contributed by atoms with van der Waals surface area (Å²) in [5, 5.41) is 9.32. The molecule has 0 spiro atoms. The number of methoxy groups -OCH3 is 1. The van der Waals surface area contributed by atoms with Gasteiger partial charge in [0, 0.05) is 13.5 Å². The second kappa shape index (κ2) is 3.17. The van der Waals surface area contributed by atoms with Gasteiger partial charge < -0.3 is 14.6 Å². The molecule has 1 aliphatic heterocycles. The first-order valence-electron chi connectivity index (χ1n) is 4.07. The van der Waals surface area contributed by atoms with E-state index < -0.39 is 11.9 Å². The molecule has 0 aromatic heterocycles. The van der Waals surface area contributed by atoms with Gasteiger partial charge in [0.1, 0.15) is 0 Å². The molecule has 0 saturated carbocycles. The van der Waals surface area contributed by atoms with Crippen LogP contribution in [0.2, 0.25) is 0 Å². The van der Waals surface area contributed by atoms with E-state index in [2.05, 4.69) is 6.58 Å². The zero-order chi connectivity index (χ0) is 9.35. The van der Waals surface area contributed by atoms with Crippen molar-refractivity contribution >= 4 is 0 Å². The summed E-state index contributed by atoms with van der Waals surface area (Å²) in [5.41, 5.74) is 0.437. The van der Waals surface area contributed by atoms with Gasteiger partial charge in [-0.2, -0.15) is 0 Å². The molecule has 1 rings (SSSR count). The quantitative estimate of drug-likeness (QED) is 0.601. The van der Waals surface area contributed by atoms with Crippen LogP contribution in [0.5, 0.6) is 0 Å². The van der Waals surface area contributed by atoms with Gasteiger partial charge >= 0.3 is 0 Å². The first-order chi connectivity index (χ1) is 5.49. The standard InChI is InChI=1S/C9H16O3/c1-6-7(2)12-8(10)5-9(6,3)11-4/h7-8,10H,1,5H2,2-4H3/t7-,8+,9+/m0/s1. The predicted molar refractivity (Wildman–Crippen MR) is 45.7 cm³/mol. The van der Waals surface area contributed by atoms with E-state index in [0.29, 0.717) is 6.42 Å². The van der Waals surface area contributed by atoms with Crippen molar-refractivity contribution in [3.05, 3.63) is 12.2 Å². The second-order valence-electron chi connectivity index (χ2n) is 3.40. The lowest BCUT2D eigenvalue weighted by Gasteiger charge is -2.40. The molecule has 0 bridgehead atoms. The van der Waals surface area contributed by atoms with Crippen molar-refractivity contribution in [2.75, 3.05) is 7.11 Å². The minimum absolute atomic E-state index is 0.140. The van der Waals surface area contributed by atoms with Gasteiger partial charge in [-0.25, -0.2) is 0 Å². The first-order valence-corrected chi connectivity index (χ1v) is 4.07. The van der Waals surface area contributed by atoms with E-state index in [4.69, 9.17) is 9.47 Å². The highest BCUT2D eigenvalue weighted by molar-refractivity contribution is 5.18. The lowest BCUT2D eigenvalue weighted by atomic mass is 9.87. The lowest BCUT2D eigenvalue weighted by Crippen LogP contribution is -2.45. The van der Waals surface area contributed by atoms with Gasteiger partial charge in [-0.15, -0.1) is 0 Å². The Morgan fingerprint density at radius 2 is 2.33 bits per heavy atom. The fourth-order valence-electron chi connectivity index (χ4n) is 1.47. The van der Waals surface area contributed by atoms with E-state index in [9.17, 15) is 5.11 Å². The molecular weight excluding hydrogens is 156 g/mol. The minimum Gasteiger partial charge on any atom is -0.374 e. The van der Waals surface area contributed by atoms with Crippen LogP contribution in [0.1, 0.15) is 20.3 Å². The molecule has 12 heavy (non-hydrogen) atoms. The van der Waals surface area contributed by atoms with E-state index in [1.807, 2.05) is 13.8 Å². The summed E-state index contributed by atoms with van der Waals surface area (Å²) in [6.45, 7) is 7.67. The van der Waals surface area contributed by atoms with E-state index in [1.54, 1.807) is 7.11 Å². The molecule has 0 unspecified atom stereocenters. The molecule has 1 saturated heterocycles. The maximum atomic E-state index is 9.32. The van der Waals surface area contributed by atoms with Crippen molar-refractivity contribution in [3.63, 3.8) is 0 Å². The number of ether oxygens (including phenoxy) is 2. The van der Waals surface area contributed by atoms with E-state index in [-0.39, 0.29) is 6.10 Å². The van der Waals surface area contributed by atoms with Crippen LogP contribution in [-0.2, 0) is 9.47 Å². The van der Waals surface area contributed by atoms with Crippen LogP contribution < -0.4 is 0 Å². The van der Waals surface area contributed by atoms with Crippen LogP contribution in [0, 0.1) is 0 Å². The summed E-state index contributed by atoms with van der Waals surface area (Å²) in [5.74, 6) is 0. The predicted octanol–water partition coefficient (Wildman–Crippen LogP) is 1.07. The lowest BCUT2D eigenvalue weighted by molar-refractivity contribution is -0.185. The molecule has 1 heterocycles. The summed E-state index contributed by atoms with van der Waals surface area (Å²) in [7, 11) is 1.62. The van der Waals surface area contributed by atoms with Gasteiger partial charge in [-0.3, -0.25) is 0 Å². The highest BCUT2D eigenvalue weighted by Gasteiger charge is 2.39. The molecular formula is C9H16O3. The zero-order valence-corrected chi connectivity index (χ0v) is 7.83. The Hall–Kier alpha value is -0.380. The van der Waals surface area contributed by atoms with Crippen molar-refractivity contribution in [2.45, 2.75) is 38.3 Å². The Kier molecular flexibility index (Phi) is 2.56. The summed E-state index contributed by atoms with van der Waals surface area (Å²) in [6.07, 6.45) is -0.429. The van der Waals surface area contributed by atoms with Crippen molar-refractivity contribution in [1.82, 2.24) is 0 Å². The largest absolute Gasteiger partial charge is 0.374 e. The fraction of sp³-hybridized carbons (Fsp3) is 0.778. The van der Waals surface area contributed by atoms with Gasteiger partial charge in [-0.05, 0) is 19.4 Å². The van der Waals surface area contributed by atoms with Crippen molar-refractivity contribution < 1.29 is 14.6 Å². The normalized spacial score (nSPS) is 43.2. The second-order valence-corrected chi connectivity index (χ2v) is 3.40. The number of hydrogen-bond acceptors (Lipinski definition) is 3. The summed E-state index contributed by atoms with van der Waals surface area (Å²) in [6, 6.07) is 0. The Morgan fingerprint density at radius 3 is 2.83 bits per heavy atom. The van der Waals surface area contributed by atoms with Crippen molar-refractivity contribution in [3.8, 4) is 0 Å². The van der Waals surface area contributed by atoms with Gasteiger partial charge in [0.15, 0.2) is 6.29 Å². The van der Waals surface area contributed by atoms with Crippen LogP contribution in [0.25, 0.3) is 0 Å². The number of hydrogen-bond donors (Lipinski definition) is 1. The van der Waals surface area contributed by atoms with E-state index in [0.717, 1.165) is 5.57 Å². The highest BCUT2D eigenvalue weighted by atomic mass is 16.6. The molecule has 1 aliphatic rings. The third kappa shape index (κ3) is 1.53. The Balaban J connectivity index is 2.79. The minimum atomic E-state index is -0.740. The van der Waals surface area contributed by atoms with Gasteiger partial charge in [0.05, 0.1) is 11.7 Å². The molecule has 0 aromatic carbocycles. The third-order valence-electron chi connectivity index (χ3n) is 2.55. The molecule has 1 N–H and O–H groups in total. The van der Waals surface area contributed by atoms with Crippen LogP contribution in [-0.4, -0.2) is 30.2 Å². The maximum absolute atomic E-state index is 9.32. The monoisotopic (exact) mass is 172 g/mol. The summed E-state index contributed by atoms with van der Waals surface area (Å²) >= 11 is 0. The van der Waals surface area contributed by atoms with Crippen LogP contribution >= 0.6 is 0 Å². The van der Waals surface area contributed by atoms with Crippen LogP contribution in [0.4, 0.5) is 0 Å². The summed E-state index contributed by atoms with van der Waals surface area (Å²) in [4.78, 5) is 0. The maximum Gasteiger partial charge on any atom is 0.158 e. The molecule has 0 amide bonds. The smallest absolute Gasteiger partial charge is 0.158 e. The Morgan fingerprint density at radius 1 is 1.75 bits per heavy atom. The van der Waals surface area contributed by atoms with Gasteiger partial charge in [-0.1, -0.05) is 6.58 Å². The topological polar surface area (TPSA) is 38.7 Å². The Bertz CT molecular complexity index is 190. The molecule has 3 atom stereocenters. The number of rotatable bonds is 1. The van der Waals surface area contributed by atoms with Crippen molar-refractivity contribution in [2.24, 2.45) is 0 Å². The molecule has 3 heteroatoms. The third-order valence-corrected chi connectivity index (χ3v) is 2.55. The molecule has 0 radical (unpaired) electrons. The average Bonchev–Trinajstić information content (AvgIpc) is 2.00. The zero-order valence-electron chi connectivity index (χ0n) is 7.83.